The van der Waals surface area contributed by atoms with Gasteiger partial charge in [-0.3, -0.25) is 9.59 Å². The largest absolute Gasteiger partial charge is 0.496 e. The summed E-state index contributed by atoms with van der Waals surface area (Å²) in [5.41, 5.74) is 1.06. The van der Waals surface area contributed by atoms with E-state index >= 15 is 0 Å². The lowest BCUT2D eigenvalue weighted by atomic mass is 10.1. The monoisotopic (exact) mass is 362 g/mol. The lowest BCUT2D eigenvalue weighted by Gasteiger charge is -2.18. The van der Waals surface area contributed by atoms with Crippen molar-refractivity contribution in [3.63, 3.8) is 0 Å². The average molecular weight is 362 g/mol. The standard InChI is InChI=1S/C19H26N2O5/c1-12(2)10-21-11-14(8-17(21)22)18(23)20-9-13-5-6-16(25-3)15(7-13)19(24)26-4/h5-7,12,14H,8-11H2,1-4H3,(H,20,23). The Morgan fingerprint density at radius 2 is 2.04 bits per heavy atom. The molecule has 1 aromatic rings. The van der Waals surface area contributed by atoms with E-state index in [-0.39, 0.29) is 30.7 Å². The average Bonchev–Trinajstić information content (AvgIpc) is 2.98. The van der Waals surface area contributed by atoms with Crippen molar-refractivity contribution < 1.29 is 23.9 Å². The number of benzene rings is 1. The van der Waals surface area contributed by atoms with Gasteiger partial charge in [0.1, 0.15) is 11.3 Å². The van der Waals surface area contributed by atoms with E-state index in [1.54, 1.807) is 23.1 Å². The Labute approximate surface area is 153 Å². The van der Waals surface area contributed by atoms with E-state index in [2.05, 4.69) is 5.32 Å². The maximum absolute atomic E-state index is 12.4. The molecule has 0 saturated carbocycles. The van der Waals surface area contributed by atoms with Crippen molar-refractivity contribution in [3.8, 4) is 5.75 Å². The van der Waals surface area contributed by atoms with Crippen LogP contribution in [-0.2, 0) is 20.9 Å². The van der Waals surface area contributed by atoms with Gasteiger partial charge in [0.15, 0.2) is 0 Å². The molecule has 7 nitrogen and oxygen atoms in total. The summed E-state index contributed by atoms with van der Waals surface area (Å²) in [6.07, 6.45) is 0.245. The number of nitrogens with one attached hydrogen (secondary N) is 1. The van der Waals surface area contributed by atoms with Crippen molar-refractivity contribution in [2.24, 2.45) is 11.8 Å². The first-order valence-electron chi connectivity index (χ1n) is 8.66. The molecule has 0 aliphatic carbocycles. The lowest BCUT2D eigenvalue weighted by Crippen LogP contribution is -2.33. The maximum Gasteiger partial charge on any atom is 0.341 e. The summed E-state index contributed by atoms with van der Waals surface area (Å²) in [6.45, 7) is 5.48. The third-order valence-electron chi connectivity index (χ3n) is 4.31. The van der Waals surface area contributed by atoms with Gasteiger partial charge in [-0.2, -0.15) is 0 Å². The second kappa shape index (κ2) is 8.69. The van der Waals surface area contributed by atoms with Gasteiger partial charge in [-0.05, 0) is 23.6 Å². The molecule has 1 heterocycles. The number of rotatable bonds is 7. The second-order valence-electron chi connectivity index (χ2n) is 6.84. The van der Waals surface area contributed by atoms with E-state index in [4.69, 9.17) is 9.47 Å². The maximum atomic E-state index is 12.4. The van der Waals surface area contributed by atoms with Crippen molar-refractivity contribution in [1.82, 2.24) is 10.2 Å². The van der Waals surface area contributed by atoms with Crippen LogP contribution in [0.4, 0.5) is 0 Å². The quantitative estimate of drug-likeness (QED) is 0.745. The van der Waals surface area contributed by atoms with Gasteiger partial charge in [0, 0.05) is 26.1 Å². The van der Waals surface area contributed by atoms with Crippen LogP contribution >= 0.6 is 0 Å². The van der Waals surface area contributed by atoms with Gasteiger partial charge in [-0.25, -0.2) is 4.79 Å². The molecule has 1 unspecified atom stereocenters. The molecule has 0 bridgehead atoms. The van der Waals surface area contributed by atoms with E-state index < -0.39 is 5.97 Å². The molecule has 142 valence electrons. The first-order valence-corrected chi connectivity index (χ1v) is 8.66. The van der Waals surface area contributed by atoms with Crippen LogP contribution in [0.2, 0.25) is 0 Å². The van der Waals surface area contributed by atoms with E-state index in [0.717, 1.165) is 5.56 Å². The zero-order valence-electron chi connectivity index (χ0n) is 15.7. The Morgan fingerprint density at radius 3 is 2.65 bits per heavy atom. The first kappa shape index (κ1) is 19.8. The summed E-state index contributed by atoms with van der Waals surface area (Å²) in [5.74, 6) is -0.175. The molecule has 0 radical (unpaired) electrons. The Hall–Kier alpha value is -2.57. The third-order valence-corrected chi connectivity index (χ3v) is 4.31. The number of nitrogens with zero attached hydrogens (tertiary/aromatic N) is 1. The van der Waals surface area contributed by atoms with E-state index in [0.29, 0.717) is 30.3 Å². The molecule has 1 aromatic carbocycles. The Kier molecular flexibility index (Phi) is 6.60. The number of likely N-dealkylation sites (tertiary alicyclic amines) is 1. The van der Waals surface area contributed by atoms with Crippen molar-refractivity contribution in [1.29, 1.82) is 0 Å². The van der Waals surface area contributed by atoms with Crippen LogP contribution in [0.25, 0.3) is 0 Å². The molecular formula is C19H26N2O5. The second-order valence-corrected chi connectivity index (χ2v) is 6.84. The third kappa shape index (κ3) is 4.74. The molecule has 0 aromatic heterocycles. The summed E-state index contributed by atoms with van der Waals surface area (Å²) < 4.78 is 9.90. The van der Waals surface area contributed by atoms with Crippen LogP contribution in [0.3, 0.4) is 0 Å². The number of hydrogen-bond donors (Lipinski definition) is 1. The number of esters is 1. The van der Waals surface area contributed by atoms with Crippen molar-refractivity contribution in [2.45, 2.75) is 26.8 Å². The van der Waals surface area contributed by atoms with Crippen LogP contribution in [0.5, 0.6) is 5.75 Å². The molecule has 1 fully saturated rings. The SMILES string of the molecule is COC(=O)c1cc(CNC(=O)C2CC(=O)N(CC(C)C)C2)ccc1OC. The van der Waals surface area contributed by atoms with E-state index in [1.165, 1.54) is 14.2 Å². The van der Waals surface area contributed by atoms with Crippen LogP contribution in [0.1, 0.15) is 36.2 Å². The first-order chi connectivity index (χ1) is 12.3. The molecule has 1 N–H and O–H groups in total. The summed E-state index contributed by atoms with van der Waals surface area (Å²) >= 11 is 0. The van der Waals surface area contributed by atoms with Gasteiger partial charge in [0.2, 0.25) is 11.8 Å². The number of methoxy groups -OCH3 is 2. The Balaban J connectivity index is 1.97. The van der Waals surface area contributed by atoms with Crippen LogP contribution in [0, 0.1) is 11.8 Å². The molecular weight excluding hydrogens is 336 g/mol. The molecule has 7 heteroatoms. The highest BCUT2D eigenvalue weighted by atomic mass is 16.5. The topological polar surface area (TPSA) is 84.9 Å². The molecule has 2 rings (SSSR count). The van der Waals surface area contributed by atoms with E-state index in [9.17, 15) is 14.4 Å². The Bertz CT molecular complexity index is 687. The van der Waals surface area contributed by atoms with Gasteiger partial charge >= 0.3 is 5.97 Å². The predicted octanol–water partition coefficient (Wildman–Crippen LogP) is 1.60. The lowest BCUT2D eigenvalue weighted by molar-refractivity contribution is -0.129. The van der Waals surface area contributed by atoms with Gasteiger partial charge in [0.25, 0.3) is 0 Å². The minimum Gasteiger partial charge on any atom is -0.496 e. The minimum atomic E-state index is -0.499. The number of hydrogen-bond acceptors (Lipinski definition) is 5. The van der Waals surface area contributed by atoms with Crippen LogP contribution in [0.15, 0.2) is 18.2 Å². The normalized spacial score (nSPS) is 16.7. The molecule has 0 spiro atoms. The fraction of sp³-hybridized carbons (Fsp3) is 0.526. The zero-order chi connectivity index (χ0) is 19.3. The van der Waals surface area contributed by atoms with Crippen molar-refractivity contribution >= 4 is 17.8 Å². The molecule has 1 aliphatic rings. The van der Waals surface area contributed by atoms with Gasteiger partial charge in [0.05, 0.1) is 20.1 Å². The van der Waals surface area contributed by atoms with Gasteiger partial charge < -0.3 is 19.7 Å². The number of amides is 2. The van der Waals surface area contributed by atoms with Crippen molar-refractivity contribution in [3.05, 3.63) is 29.3 Å². The van der Waals surface area contributed by atoms with Crippen molar-refractivity contribution in [2.75, 3.05) is 27.3 Å². The Morgan fingerprint density at radius 1 is 1.31 bits per heavy atom. The predicted molar refractivity (Wildman–Crippen MR) is 95.7 cm³/mol. The molecule has 1 saturated heterocycles. The van der Waals surface area contributed by atoms with Gasteiger partial charge in [-0.15, -0.1) is 0 Å². The summed E-state index contributed by atoms with van der Waals surface area (Å²) in [5, 5.41) is 2.85. The smallest absolute Gasteiger partial charge is 0.341 e. The van der Waals surface area contributed by atoms with Gasteiger partial charge in [-0.1, -0.05) is 19.9 Å². The summed E-state index contributed by atoms with van der Waals surface area (Å²) in [7, 11) is 2.78. The fourth-order valence-electron chi connectivity index (χ4n) is 3.03. The molecule has 2 amide bonds. The fourth-order valence-corrected chi connectivity index (χ4v) is 3.03. The number of carbonyl (C=O) groups excluding carboxylic acids is 3. The van der Waals surface area contributed by atoms with E-state index in [1.807, 2.05) is 13.8 Å². The molecule has 26 heavy (non-hydrogen) atoms. The summed E-state index contributed by atoms with van der Waals surface area (Å²) in [6, 6.07) is 5.07. The highest BCUT2D eigenvalue weighted by Gasteiger charge is 2.34. The highest BCUT2D eigenvalue weighted by Crippen LogP contribution is 2.22. The highest BCUT2D eigenvalue weighted by molar-refractivity contribution is 5.93. The number of ether oxygens (including phenoxy) is 2. The zero-order valence-corrected chi connectivity index (χ0v) is 15.7. The molecule has 1 atom stereocenters. The van der Waals surface area contributed by atoms with Crippen LogP contribution < -0.4 is 10.1 Å². The molecule has 1 aliphatic heterocycles. The van der Waals surface area contributed by atoms with Crippen LogP contribution in [-0.4, -0.2) is 50.0 Å². The number of carbonyl (C=O) groups is 3. The summed E-state index contributed by atoms with van der Waals surface area (Å²) in [4.78, 5) is 38.0. The minimum absolute atomic E-state index is 0.0243.